The van der Waals surface area contributed by atoms with Gasteiger partial charge in [-0.1, -0.05) is 19.9 Å². The molecule has 0 aromatic heterocycles. The molecule has 0 atom stereocenters. The van der Waals surface area contributed by atoms with Gasteiger partial charge in [-0.2, -0.15) is 0 Å². The van der Waals surface area contributed by atoms with Gasteiger partial charge in [-0.15, -0.1) is 0 Å². The van der Waals surface area contributed by atoms with Crippen LogP contribution >= 0.6 is 15.9 Å². The van der Waals surface area contributed by atoms with Gasteiger partial charge in [0.1, 0.15) is 12.4 Å². The number of hydrogen-bond acceptors (Lipinski definition) is 2. The summed E-state index contributed by atoms with van der Waals surface area (Å²) in [4.78, 5) is 0. The molecule has 1 N–H and O–H groups in total. The third-order valence-electron chi connectivity index (χ3n) is 2.87. The molecule has 0 aliphatic rings. The molecule has 0 saturated carbocycles. The quantitative estimate of drug-likeness (QED) is 0.771. The standard InChI is InChI=1S/C14H22BrNO/c1-4-12(5-2)16-8-9-17-14-7-6-11(3)10-13(14)15/h6-7,10,12,16H,4-5,8-9H2,1-3H3. The minimum absolute atomic E-state index is 0.611. The van der Waals surface area contributed by atoms with Gasteiger partial charge in [0.05, 0.1) is 4.47 Å². The molecule has 0 aliphatic carbocycles. The molecule has 0 fully saturated rings. The molecular weight excluding hydrogens is 278 g/mol. The van der Waals surface area contributed by atoms with E-state index in [0.29, 0.717) is 12.6 Å². The van der Waals surface area contributed by atoms with Crippen LogP contribution < -0.4 is 10.1 Å². The van der Waals surface area contributed by atoms with E-state index in [0.717, 1.165) is 16.8 Å². The number of nitrogens with one attached hydrogen (secondary N) is 1. The maximum absolute atomic E-state index is 5.72. The van der Waals surface area contributed by atoms with Crippen molar-refractivity contribution in [2.45, 2.75) is 39.7 Å². The number of hydrogen-bond donors (Lipinski definition) is 1. The van der Waals surface area contributed by atoms with Crippen LogP contribution in [0.2, 0.25) is 0 Å². The Morgan fingerprint density at radius 1 is 1.29 bits per heavy atom. The minimum Gasteiger partial charge on any atom is -0.491 e. The Morgan fingerprint density at radius 3 is 2.59 bits per heavy atom. The lowest BCUT2D eigenvalue weighted by Crippen LogP contribution is -2.31. The van der Waals surface area contributed by atoms with Crippen LogP contribution in [0.4, 0.5) is 0 Å². The molecule has 1 aromatic rings. The summed E-state index contributed by atoms with van der Waals surface area (Å²) in [6, 6.07) is 6.76. The molecule has 0 amide bonds. The van der Waals surface area contributed by atoms with Crippen molar-refractivity contribution in [3.8, 4) is 5.75 Å². The normalized spacial score (nSPS) is 10.9. The molecule has 0 heterocycles. The summed E-state index contributed by atoms with van der Waals surface area (Å²) in [5.74, 6) is 0.918. The first kappa shape index (κ1) is 14.5. The van der Waals surface area contributed by atoms with Gasteiger partial charge in [-0.3, -0.25) is 0 Å². The molecule has 0 aliphatic heterocycles. The fraction of sp³-hybridized carbons (Fsp3) is 0.571. The SMILES string of the molecule is CCC(CC)NCCOc1ccc(C)cc1Br. The molecule has 0 bridgehead atoms. The third-order valence-corrected chi connectivity index (χ3v) is 3.49. The highest BCUT2D eigenvalue weighted by Gasteiger charge is 2.03. The van der Waals surface area contributed by atoms with Gasteiger partial charge < -0.3 is 10.1 Å². The first-order chi connectivity index (χ1) is 8.17. The highest BCUT2D eigenvalue weighted by molar-refractivity contribution is 9.10. The number of halogens is 1. The fourth-order valence-corrected chi connectivity index (χ4v) is 2.33. The van der Waals surface area contributed by atoms with Crippen molar-refractivity contribution in [1.82, 2.24) is 5.32 Å². The Labute approximate surface area is 113 Å². The summed E-state index contributed by atoms with van der Waals surface area (Å²) in [6.07, 6.45) is 2.34. The van der Waals surface area contributed by atoms with Crippen molar-refractivity contribution in [2.24, 2.45) is 0 Å². The molecule has 1 rings (SSSR count). The summed E-state index contributed by atoms with van der Waals surface area (Å²) in [5.41, 5.74) is 1.24. The van der Waals surface area contributed by atoms with Gasteiger partial charge in [0, 0.05) is 12.6 Å². The smallest absolute Gasteiger partial charge is 0.133 e. The van der Waals surface area contributed by atoms with Crippen molar-refractivity contribution >= 4 is 15.9 Å². The second-order valence-electron chi connectivity index (χ2n) is 4.25. The van der Waals surface area contributed by atoms with E-state index in [1.807, 2.05) is 6.07 Å². The van der Waals surface area contributed by atoms with Crippen molar-refractivity contribution in [3.05, 3.63) is 28.2 Å². The molecule has 17 heavy (non-hydrogen) atoms. The van der Waals surface area contributed by atoms with E-state index >= 15 is 0 Å². The zero-order valence-electron chi connectivity index (χ0n) is 10.9. The van der Waals surface area contributed by atoms with Gasteiger partial charge in [0.25, 0.3) is 0 Å². The van der Waals surface area contributed by atoms with Gasteiger partial charge in [0.2, 0.25) is 0 Å². The number of rotatable bonds is 7. The van der Waals surface area contributed by atoms with E-state index in [9.17, 15) is 0 Å². The van der Waals surface area contributed by atoms with Crippen molar-refractivity contribution in [1.29, 1.82) is 0 Å². The Hall–Kier alpha value is -0.540. The van der Waals surface area contributed by atoms with E-state index in [1.54, 1.807) is 0 Å². The van der Waals surface area contributed by atoms with Crippen molar-refractivity contribution in [2.75, 3.05) is 13.2 Å². The van der Waals surface area contributed by atoms with Gasteiger partial charge in [-0.25, -0.2) is 0 Å². The fourth-order valence-electron chi connectivity index (χ4n) is 1.72. The van der Waals surface area contributed by atoms with Crippen LogP contribution in [0.1, 0.15) is 32.3 Å². The van der Waals surface area contributed by atoms with E-state index in [4.69, 9.17) is 4.74 Å². The summed E-state index contributed by atoms with van der Waals surface area (Å²) < 4.78 is 6.75. The van der Waals surface area contributed by atoms with Crippen LogP contribution in [-0.2, 0) is 0 Å². The summed E-state index contributed by atoms with van der Waals surface area (Å²) in [7, 11) is 0. The molecule has 0 spiro atoms. The zero-order valence-corrected chi connectivity index (χ0v) is 12.5. The van der Waals surface area contributed by atoms with E-state index in [1.165, 1.54) is 18.4 Å². The molecular formula is C14H22BrNO. The molecule has 0 unspecified atom stereocenters. The second kappa shape index (κ2) is 7.72. The maximum Gasteiger partial charge on any atom is 0.133 e. The molecule has 3 heteroatoms. The first-order valence-electron chi connectivity index (χ1n) is 6.29. The average molecular weight is 300 g/mol. The minimum atomic E-state index is 0.611. The number of ether oxygens (including phenoxy) is 1. The molecule has 0 saturated heterocycles. The molecule has 2 nitrogen and oxygen atoms in total. The molecule has 96 valence electrons. The highest BCUT2D eigenvalue weighted by atomic mass is 79.9. The topological polar surface area (TPSA) is 21.3 Å². The average Bonchev–Trinajstić information content (AvgIpc) is 2.32. The molecule has 0 radical (unpaired) electrons. The van der Waals surface area contributed by atoms with Crippen LogP contribution in [-0.4, -0.2) is 19.2 Å². The third kappa shape index (κ3) is 5.09. The van der Waals surface area contributed by atoms with Crippen LogP contribution in [0, 0.1) is 6.92 Å². The first-order valence-corrected chi connectivity index (χ1v) is 7.09. The van der Waals surface area contributed by atoms with E-state index in [2.05, 4.69) is 54.2 Å². The predicted molar refractivity (Wildman–Crippen MR) is 76.7 cm³/mol. The lowest BCUT2D eigenvalue weighted by molar-refractivity contribution is 0.300. The predicted octanol–water partition coefficient (Wildman–Crippen LogP) is 3.91. The van der Waals surface area contributed by atoms with E-state index in [-0.39, 0.29) is 0 Å². The summed E-state index contributed by atoms with van der Waals surface area (Å²) >= 11 is 3.51. The lowest BCUT2D eigenvalue weighted by Gasteiger charge is -2.15. The van der Waals surface area contributed by atoms with Gasteiger partial charge in [-0.05, 0) is 53.4 Å². The summed E-state index contributed by atoms with van der Waals surface area (Å²) in [6.45, 7) is 8.09. The van der Waals surface area contributed by atoms with Crippen LogP contribution in [0.5, 0.6) is 5.75 Å². The number of benzene rings is 1. The maximum atomic E-state index is 5.72. The number of aryl methyl sites for hydroxylation is 1. The lowest BCUT2D eigenvalue weighted by atomic mass is 10.2. The van der Waals surface area contributed by atoms with E-state index < -0.39 is 0 Å². The highest BCUT2D eigenvalue weighted by Crippen LogP contribution is 2.25. The van der Waals surface area contributed by atoms with Crippen LogP contribution in [0.25, 0.3) is 0 Å². The van der Waals surface area contributed by atoms with Crippen molar-refractivity contribution < 1.29 is 4.74 Å². The monoisotopic (exact) mass is 299 g/mol. The van der Waals surface area contributed by atoms with Gasteiger partial charge >= 0.3 is 0 Å². The largest absolute Gasteiger partial charge is 0.491 e. The van der Waals surface area contributed by atoms with Crippen LogP contribution in [0.15, 0.2) is 22.7 Å². The Balaban J connectivity index is 2.31. The zero-order chi connectivity index (χ0) is 12.7. The molecule has 1 aromatic carbocycles. The Kier molecular flexibility index (Phi) is 6.60. The Bertz CT molecular complexity index is 337. The van der Waals surface area contributed by atoms with Crippen molar-refractivity contribution in [3.63, 3.8) is 0 Å². The Morgan fingerprint density at radius 2 is 2.00 bits per heavy atom. The van der Waals surface area contributed by atoms with Crippen LogP contribution in [0.3, 0.4) is 0 Å². The second-order valence-corrected chi connectivity index (χ2v) is 5.10. The summed E-state index contributed by atoms with van der Waals surface area (Å²) in [5, 5.41) is 3.48. The van der Waals surface area contributed by atoms with Gasteiger partial charge in [0.15, 0.2) is 0 Å².